The van der Waals surface area contributed by atoms with Crippen molar-refractivity contribution >= 4 is 5.91 Å². The third-order valence-corrected chi connectivity index (χ3v) is 4.22. The Labute approximate surface area is 135 Å². The monoisotopic (exact) mass is 318 g/mol. The van der Waals surface area contributed by atoms with Crippen molar-refractivity contribution in [1.82, 2.24) is 19.9 Å². The molecule has 0 bridgehead atoms. The van der Waals surface area contributed by atoms with Gasteiger partial charge in [-0.3, -0.25) is 9.69 Å². The summed E-state index contributed by atoms with van der Waals surface area (Å²) in [5.74, 6) is 2.35. The summed E-state index contributed by atoms with van der Waals surface area (Å²) in [4.78, 5) is 20.4. The van der Waals surface area contributed by atoms with Crippen LogP contribution >= 0.6 is 0 Å². The highest BCUT2D eigenvalue weighted by Gasteiger charge is 2.30. The van der Waals surface area contributed by atoms with Gasteiger partial charge in [0, 0.05) is 38.5 Å². The molecule has 1 amide bonds. The van der Waals surface area contributed by atoms with E-state index in [4.69, 9.17) is 8.94 Å². The van der Waals surface area contributed by atoms with Crippen LogP contribution in [-0.2, 0) is 24.3 Å². The van der Waals surface area contributed by atoms with Crippen molar-refractivity contribution in [2.24, 2.45) is 0 Å². The van der Waals surface area contributed by atoms with Crippen LogP contribution in [0.25, 0.3) is 0 Å². The van der Waals surface area contributed by atoms with Gasteiger partial charge in [0.25, 0.3) is 0 Å². The van der Waals surface area contributed by atoms with E-state index in [-0.39, 0.29) is 11.9 Å². The van der Waals surface area contributed by atoms with Crippen LogP contribution in [0.15, 0.2) is 27.4 Å². The first-order valence-electron chi connectivity index (χ1n) is 7.98. The molecule has 0 unspecified atom stereocenters. The molecule has 1 fully saturated rings. The molecule has 0 radical (unpaired) electrons. The molecule has 1 atom stereocenters. The molecule has 0 spiro atoms. The summed E-state index contributed by atoms with van der Waals surface area (Å²) in [7, 11) is 0. The SMILES string of the molecule is CCc1cnc(CN(C(C)=O)[C@@H]2CCN(Cc3ccno3)C2)o1. The largest absolute Gasteiger partial charge is 0.444 e. The number of aromatic nitrogens is 2. The molecule has 0 N–H and O–H groups in total. The number of amides is 1. The van der Waals surface area contributed by atoms with Crippen LogP contribution in [0.1, 0.15) is 37.7 Å². The summed E-state index contributed by atoms with van der Waals surface area (Å²) >= 11 is 0. The molecular formula is C16H22N4O3. The minimum absolute atomic E-state index is 0.0489. The Kier molecular flexibility index (Phi) is 4.76. The second-order valence-electron chi connectivity index (χ2n) is 5.88. The summed E-state index contributed by atoms with van der Waals surface area (Å²) in [5.41, 5.74) is 0. The van der Waals surface area contributed by atoms with Crippen LogP contribution in [0.4, 0.5) is 0 Å². The van der Waals surface area contributed by atoms with Crippen LogP contribution in [-0.4, -0.2) is 45.0 Å². The van der Waals surface area contributed by atoms with Gasteiger partial charge < -0.3 is 13.8 Å². The average Bonchev–Trinajstić information content (AvgIpc) is 3.26. The zero-order valence-corrected chi connectivity index (χ0v) is 13.6. The Bertz CT molecular complexity index is 638. The van der Waals surface area contributed by atoms with E-state index in [9.17, 15) is 4.79 Å². The van der Waals surface area contributed by atoms with Gasteiger partial charge >= 0.3 is 0 Å². The lowest BCUT2D eigenvalue weighted by atomic mass is 10.2. The number of likely N-dealkylation sites (tertiary alicyclic amines) is 1. The first-order chi connectivity index (χ1) is 11.2. The van der Waals surface area contributed by atoms with Crippen molar-refractivity contribution < 1.29 is 13.7 Å². The number of nitrogens with zero attached hydrogens (tertiary/aromatic N) is 4. The Morgan fingerprint density at radius 3 is 3.00 bits per heavy atom. The fraction of sp³-hybridized carbons (Fsp3) is 0.562. The highest BCUT2D eigenvalue weighted by Crippen LogP contribution is 2.20. The fourth-order valence-corrected chi connectivity index (χ4v) is 2.98. The maximum Gasteiger partial charge on any atom is 0.220 e. The van der Waals surface area contributed by atoms with E-state index in [1.165, 1.54) is 0 Å². The first-order valence-corrected chi connectivity index (χ1v) is 7.98. The van der Waals surface area contributed by atoms with Gasteiger partial charge in [0.05, 0.1) is 25.5 Å². The highest BCUT2D eigenvalue weighted by atomic mass is 16.5. The molecule has 1 saturated heterocycles. The van der Waals surface area contributed by atoms with Crippen molar-refractivity contribution in [1.29, 1.82) is 0 Å². The summed E-state index contributed by atoms with van der Waals surface area (Å²) in [5, 5.41) is 3.73. The van der Waals surface area contributed by atoms with Gasteiger partial charge in [0.15, 0.2) is 5.76 Å². The Balaban J connectivity index is 1.61. The van der Waals surface area contributed by atoms with Gasteiger partial charge in [-0.1, -0.05) is 12.1 Å². The lowest BCUT2D eigenvalue weighted by molar-refractivity contribution is -0.132. The lowest BCUT2D eigenvalue weighted by Gasteiger charge is -2.26. The van der Waals surface area contributed by atoms with Crippen LogP contribution < -0.4 is 0 Å². The van der Waals surface area contributed by atoms with Crippen LogP contribution in [0.5, 0.6) is 0 Å². The lowest BCUT2D eigenvalue weighted by Crippen LogP contribution is -2.40. The summed E-state index contributed by atoms with van der Waals surface area (Å²) in [6.45, 7) is 6.52. The van der Waals surface area contributed by atoms with Gasteiger partial charge in [-0.25, -0.2) is 4.98 Å². The van der Waals surface area contributed by atoms with Crippen molar-refractivity contribution in [2.45, 2.75) is 45.8 Å². The van der Waals surface area contributed by atoms with Crippen LogP contribution in [0, 0.1) is 0 Å². The molecule has 124 valence electrons. The standard InChI is InChI=1S/C16H22N4O3/c1-3-14-8-17-16(22-14)11-20(12(2)21)13-5-7-19(9-13)10-15-4-6-18-23-15/h4,6,8,13H,3,5,7,9-11H2,1-2H3/t13-/m1/s1. The maximum atomic E-state index is 12.0. The van der Waals surface area contributed by atoms with Crippen LogP contribution in [0.2, 0.25) is 0 Å². The van der Waals surface area contributed by atoms with Crippen molar-refractivity contribution in [2.75, 3.05) is 13.1 Å². The van der Waals surface area contributed by atoms with E-state index >= 15 is 0 Å². The fourth-order valence-electron chi connectivity index (χ4n) is 2.98. The molecule has 1 aliphatic heterocycles. The molecule has 0 aromatic carbocycles. The van der Waals surface area contributed by atoms with Gasteiger partial charge in [0.1, 0.15) is 5.76 Å². The smallest absolute Gasteiger partial charge is 0.220 e. The molecule has 7 nitrogen and oxygen atoms in total. The minimum atomic E-state index is 0.0489. The van der Waals surface area contributed by atoms with Crippen molar-refractivity contribution in [3.8, 4) is 0 Å². The number of oxazole rings is 1. The van der Waals surface area contributed by atoms with E-state index in [0.717, 1.165) is 44.0 Å². The van der Waals surface area contributed by atoms with Crippen molar-refractivity contribution in [3.63, 3.8) is 0 Å². The second-order valence-corrected chi connectivity index (χ2v) is 5.88. The molecule has 0 aliphatic carbocycles. The van der Waals surface area contributed by atoms with Gasteiger partial charge in [-0.05, 0) is 6.42 Å². The number of aryl methyl sites for hydroxylation is 1. The van der Waals surface area contributed by atoms with E-state index in [1.54, 1.807) is 19.3 Å². The van der Waals surface area contributed by atoms with Gasteiger partial charge in [-0.2, -0.15) is 0 Å². The molecule has 3 heterocycles. The molecular weight excluding hydrogens is 296 g/mol. The Hall–Kier alpha value is -2.15. The normalized spacial score (nSPS) is 18.4. The molecule has 0 saturated carbocycles. The Morgan fingerprint density at radius 2 is 2.35 bits per heavy atom. The maximum absolute atomic E-state index is 12.0. The molecule has 3 rings (SSSR count). The third kappa shape index (κ3) is 3.79. The number of rotatable bonds is 6. The second kappa shape index (κ2) is 6.95. The third-order valence-electron chi connectivity index (χ3n) is 4.22. The first kappa shape index (κ1) is 15.7. The van der Waals surface area contributed by atoms with Crippen LogP contribution in [0.3, 0.4) is 0 Å². The highest BCUT2D eigenvalue weighted by molar-refractivity contribution is 5.73. The molecule has 2 aromatic rings. The van der Waals surface area contributed by atoms with Gasteiger partial charge in [0.2, 0.25) is 11.8 Å². The summed E-state index contributed by atoms with van der Waals surface area (Å²) in [6.07, 6.45) is 5.13. The number of carbonyl (C=O) groups excluding carboxylic acids is 1. The Morgan fingerprint density at radius 1 is 1.48 bits per heavy atom. The minimum Gasteiger partial charge on any atom is -0.444 e. The quantitative estimate of drug-likeness (QED) is 0.809. The number of carbonyl (C=O) groups is 1. The van der Waals surface area contributed by atoms with Crippen molar-refractivity contribution in [3.05, 3.63) is 35.9 Å². The zero-order chi connectivity index (χ0) is 16.2. The average molecular weight is 318 g/mol. The summed E-state index contributed by atoms with van der Waals surface area (Å²) < 4.78 is 10.8. The van der Waals surface area contributed by atoms with E-state index < -0.39 is 0 Å². The topological polar surface area (TPSA) is 75.6 Å². The summed E-state index contributed by atoms with van der Waals surface area (Å²) in [6, 6.07) is 2.04. The molecule has 23 heavy (non-hydrogen) atoms. The van der Waals surface area contributed by atoms with E-state index in [2.05, 4.69) is 15.0 Å². The predicted molar refractivity (Wildman–Crippen MR) is 82.3 cm³/mol. The number of hydrogen-bond acceptors (Lipinski definition) is 6. The van der Waals surface area contributed by atoms with Gasteiger partial charge in [-0.15, -0.1) is 0 Å². The predicted octanol–water partition coefficient (Wildman–Crippen LogP) is 1.85. The molecule has 1 aliphatic rings. The van der Waals surface area contributed by atoms with E-state index in [0.29, 0.717) is 12.4 Å². The zero-order valence-electron chi connectivity index (χ0n) is 13.6. The molecule has 7 heteroatoms. The van der Waals surface area contributed by atoms with E-state index in [1.807, 2.05) is 17.9 Å². The molecule has 2 aromatic heterocycles. The number of hydrogen-bond donors (Lipinski definition) is 0.